The van der Waals surface area contributed by atoms with E-state index >= 15 is 0 Å². The molecule has 2 rings (SSSR count). The van der Waals surface area contributed by atoms with Gasteiger partial charge in [-0.2, -0.15) is 0 Å². The highest BCUT2D eigenvalue weighted by Crippen LogP contribution is 2.29. The van der Waals surface area contributed by atoms with Crippen molar-refractivity contribution in [3.63, 3.8) is 0 Å². The van der Waals surface area contributed by atoms with E-state index in [1.807, 2.05) is 25.7 Å². The molecule has 8 heteroatoms. The van der Waals surface area contributed by atoms with E-state index < -0.39 is 4.92 Å². The number of non-ortho nitro benzene ring substituents is 1. The summed E-state index contributed by atoms with van der Waals surface area (Å²) in [6.45, 7) is 7.06. The molecule has 0 spiro atoms. The molecule has 3 atom stereocenters. The molecular weight excluding hydrogens is 314 g/mol. The normalized spacial score (nSPS) is 22.7. The summed E-state index contributed by atoms with van der Waals surface area (Å²) in [6, 6.07) is 3.72. The monoisotopic (exact) mass is 337 g/mol. The summed E-state index contributed by atoms with van der Waals surface area (Å²) in [6.07, 6.45) is 0.104. The summed E-state index contributed by atoms with van der Waals surface area (Å²) < 4.78 is 10.8. The summed E-state index contributed by atoms with van der Waals surface area (Å²) >= 11 is 0. The first-order chi connectivity index (χ1) is 11.3. The van der Waals surface area contributed by atoms with Crippen molar-refractivity contribution in [3.8, 4) is 5.75 Å². The first kappa shape index (κ1) is 18.2. The zero-order valence-electron chi connectivity index (χ0n) is 14.3. The van der Waals surface area contributed by atoms with Gasteiger partial charge in [0.15, 0.2) is 0 Å². The van der Waals surface area contributed by atoms with Gasteiger partial charge in [0.2, 0.25) is 5.91 Å². The van der Waals surface area contributed by atoms with E-state index in [9.17, 15) is 14.9 Å². The molecule has 0 aliphatic carbocycles. The molecule has 0 aromatic heterocycles. The molecule has 0 radical (unpaired) electrons. The molecule has 0 saturated carbocycles. The van der Waals surface area contributed by atoms with Crippen LogP contribution in [-0.4, -0.2) is 54.2 Å². The molecule has 132 valence electrons. The lowest BCUT2D eigenvalue weighted by molar-refractivity contribution is -0.384. The molecule has 0 unspecified atom stereocenters. The Labute approximate surface area is 140 Å². The van der Waals surface area contributed by atoms with Crippen molar-refractivity contribution in [2.45, 2.75) is 39.0 Å². The summed E-state index contributed by atoms with van der Waals surface area (Å²) in [5.74, 6) is 0.139. The lowest BCUT2D eigenvalue weighted by Crippen LogP contribution is -2.52. The number of nitrogens with one attached hydrogen (secondary N) is 1. The van der Waals surface area contributed by atoms with Crippen molar-refractivity contribution in [2.75, 3.05) is 25.5 Å². The van der Waals surface area contributed by atoms with Crippen LogP contribution in [0.1, 0.15) is 20.8 Å². The number of methoxy groups -OCH3 is 1. The molecule has 1 amide bonds. The van der Waals surface area contributed by atoms with Gasteiger partial charge in [0.05, 0.1) is 36.0 Å². The standard InChI is InChI=1S/C16H23N3O5/c1-10-8-18(9-11(2)24-10)12(3)16(20)17-14-7-13(19(21)22)5-6-15(14)23-4/h5-7,10-12H,8-9H2,1-4H3,(H,17,20)/t10-,11+,12-/m0/s1. The topological polar surface area (TPSA) is 93.9 Å². The van der Waals surface area contributed by atoms with Gasteiger partial charge in [-0.15, -0.1) is 0 Å². The van der Waals surface area contributed by atoms with Crippen molar-refractivity contribution in [1.82, 2.24) is 4.90 Å². The molecule has 0 bridgehead atoms. The van der Waals surface area contributed by atoms with E-state index in [0.717, 1.165) is 0 Å². The third-order valence-electron chi connectivity index (χ3n) is 4.03. The predicted octanol–water partition coefficient (Wildman–Crippen LogP) is 2.04. The van der Waals surface area contributed by atoms with Crippen LogP contribution in [0.3, 0.4) is 0 Å². The smallest absolute Gasteiger partial charge is 0.271 e. The van der Waals surface area contributed by atoms with Gasteiger partial charge in [-0.25, -0.2) is 0 Å². The van der Waals surface area contributed by atoms with E-state index in [0.29, 0.717) is 18.8 Å². The summed E-state index contributed by atoms with van der Waals surface area (Å²) in [7, 11) is 1.45. The van der Waals surface area contributed by atoms with Gasteiger partial charge in [0.1, 0.15) is 5.75 Å². The van der Waals surface area contributed by atoms with Crippen LogP contribution in [0.4, 0.5) is 11.4 Å². The Morgan fingerprint density at radius 2 is 2.04 bits per heavy atom. The lowest BCUT2D eigenvalue weighted by Gasteiger charge is -2.38. The minimum atomic E-state index is -0.510. The minimum Gasteiger partial charge on any atom is -0.495 e. The van der Waals surface area contributed by atoms with Crippen LogP contribution in [0.25, 0.3) is 0 Å². The number of nitro benzene ring substituents is 1. The van der Waals surface area contributed by atoms with Gasteiger partial charge < -0.3 is 14.8 Å². The van der Waals surface area contributed by atoms with Gasteiger partial charge >= 0.3 is 0 Å². The van der Waals surface area contributed by atoms with E-state index in [1.165, 1.54) is 25.3 Å². The van der Waals surface area contributed by atoms with Gasteiger partial charge in [-0.3, -0.25) is 19.8 Å². The summed E-state index contributed by atoms with van der Waals surface area (Å²) in [5.41, 5.74) is 0.185. The van der Waals surface area contributed by atoms with Crippen molar-refractivity contribution in [2.24, 2.45) is 0 Å². The van der Waals surface area contributed by atoms with Crippen LogP contribution in [0.2, 0.25) is 0 Å². The number of nitrogens with zero attached hydrogens (tertiary/aromatic N) is 2. The van der Waals surface area contributed by atoms with Crippen LogP contribution in [0.15, 0.2) is 18.2 Å². The highest BCUT2D eigenvalue weighted by atomic mass is 16.6. The number of carbonyl (C=O) groups excluding carboxylic acids is 1. The Kier molecular flexibility index (Phi) is 5.74. The predicted molar refractivity (Wildman–Crippen MR) is 89.3 cm³/mol. The zero-order chi connectivity index (χ0) is 17.9. The Bertz CT molecular complexity index is 612. The maximum Gasteiger partial charge on any atom is 0.271 e. The fourth-order valence-electron chi connectivity index (χ4n) is 2.84. The van der Waals surface area contributed by atoms with Gasteiger partial charge in [0, 0.05) is 25.2 Å². The number of anilines is 1. The SMILES string of the molecule is COc1ccc([N+](=O)[O-])cc1NC(=O)[C@H](C)N1C[C@@H](C)O[C@@H](C)C1. The van der Waals surface area contributed by atoms with E-state index in [-0.39, 0.29) is 35.5 Å². The first-order valence-electron chi connectivity index (χ1n) is 7.84. The van der Waals surface area contributed by atoms with Crippen LogP contribution >= 0.6 is 0 Å². The molecule has 1 heterocycles. The quantitative estimate of drug-likeness (QED) is 0.653. The van der Waals surface area contributed by atoms with Crippen LogP contribution < -0.4 is 10.1 Å². The van der Waals surface area contributed by atoms with E-state index in [2.05, 4.69) is 5.32 Å². The Morgan fingerprint density at radius 3 is 2.58 bits per heavy atom. The van der Waals surface area contributed by atoms with Gasteiger partial charge in [-0.1, -0.05) is 0 Å². The third-order valence-corrected chi connectivity index (χ3v) is 4.03. The van der Waals surface area contributed by atoms with Crippen molar-refractivity contribution in [3.05, 3.63) is 28.3 Å². The number of hydrogen-bond donors (Lipinski definition) is 1. The van der Waals surface area contributed by atoms with Crippen LogP contribution in [0.5, 0.6) is 5.75 Å². The Morgan fingerprint density at radius 1 is 1.42 bits per heavy atom. The Balaban J connectivity index is 2.13. The molecule has 1 aromatic rings. The van der Waals surface area contributed by atoms with E-state index in [1.54, 1.807) is 0 Å². The minimum absolute atomic E-state index is 0.0522. The molecule has 24 heavy (non-hydrogen) atoms. The highest BCUT2D eigenvalue weighted by Gasteiger charge is 2.29. The second-order valence-electron chi connectivity index (χ2n) is 6.02. The highest BCUT2D eigenvalue weighted by molar-refractivity contribution is 5.96. The number of morpholine rings is 1. The third kappa shape index (κ3) is 4.21. The number of nitro groups is 1. The molecule has 8 nitrogen and oxygen atoms in total. The fraction of sp³-hybridized carbons (Fsp3) is 0.562. The van der Waals surface area contributed by atoms with Gasteiger partial charge in [-0.05, 0) is 26.8 Å². The number of hydrogen-bond acceptors (Lipinski definition) is 6. The number of rotatable bonds is 5. The van der Waals surface area contributed by atoms with Gasteiger partial charge in [0.25, 0.3) is 5.69 Å². The number of carbonyl (C=O) groups is 1. The molecule has 1 aliphatic heterocycles. The fourth-order valence-corrected chi connectivity index (χ4v) is 2.84. The molecule has 1 fully saturated rings. The zero-order valence-corrected chi connectivity index (χ0v) is 14.3. The van der Waals surface area contributed by atoms with Crippen molar-refractivity contribution >= 4 is 17.3 Å². The maximum absolute atomic E-state index is 12.6. The molecule has 1 N–H and O–H groups in total. The van der Waals surface area contributed by atoms with Crippen LogP contribution in [0, 0.1) is 10.1 Å². The number of ether oxygens (including phenoxy) is 2. The maximum atomic E-state index is 12.6. The Hall–Kier alpha value is -2.19. The summed E-state index contributed by atoms with van der Waals surface area (Å²) in [4.78, 5) is 25.0. The molecular formula is C16H23N3O5. The first-order valence-corrected chi connectivity index (χ1v) is 7.84. The second-order valence-corrected chi connectivity index (χ2v) is 6.02. The lowest BCUT2D eigenvalue weighted by atomic mass is 10.1. The number of amides is 1. The molecule has 1 aromatic carbocycles. The van der Waals surface area contributed by atoms with E-state index in [4.69, 9.17) is 9.47 Å². The van der Waals surface area contributed by atoms with Crippen molar-refractivity contribution < 1.29 is 19.2 Å². The average Bonchev–Trinajstić information content (AvgIpc) is 2.52. The number of benzene rings is 1. The summed E-state index contributed by atoms with van der Waals surface area (Å²) in [5, 5.41) is 13.7. The second kappa shape index (κ2) is 7.59. The molecule has 1 aliphatic rings. The van der Waals surface area contributed by atoms with Crippen LogP contribution in [-0.2, 0) is 9.53 Å². The largest absolute Gasteiger partial charge is 0.495 e. The molecule has 1 saturated heterocycles. The van der Waals surface area contributed by atoms with Crippen molar-refractivity contribution in [1.29, 1.82) is 0 Å². The average molecular weight is 337 g/mol.